The molecule has 0 fully saturated rings. The zero-order valence-corrected chi connectivity index (χ0v) is 28.2. The number of carbonyl (C=O) groups excluding carboxylic acids is 4. The lowest BCUT2D eigenvalue weighted by Crippen LogP contribution is -2.54. The summed E-state index contributed by atoms with van der Waals surface area (Å²) in [5.74, 6) is -1.20. The number of unbranched alkanes of at least 4 members (excludes halogenated alkanes) is 4. The molecule has 2 N–H and O–H groups in total. The van der Waals surface area contributed by atoms with Crippen molar-refractivity contribution in [3.05, 3.63) is 70.8 Å². The number of benzene rings is 2. The first-order chi connectivity index (χ1) is 21.4. The van der Waals surface area contributed by atoms with Crippen LogP contribution in [0.4, 0.5) is 4.79 Å². The van der Waals surface area contributed by atoms with Crippen LogP contribution >= 0.6 is 0 Å². The van der Waals surface area contributed by atoms with Gasteiger partial charge in [-0.1, -0.05) is 81.1 Å². The Morgan fingerprint density at radius 2 is 1.58 bits per heavy atom. The van der Waals surface area contributed by atoms with Gasteiger partial charge in [0.2, 0.25) is 11.8 Å². The minimum Gasteiger partial charge on any atom is -0.466 e. The molecule has 0 aliphatic rings. The zero-order chi connectivity index (χ0) is 33.4. The molecule has 9 heteroatoms. The first-order valence-electron chi connectivity index (χ1n) is 16.2. The SMILES string of the molecule is CCCCCCCN(C(=O)C(Cc1ccccc1)NC(=O)OC(C)(C)C)C(C(=O)NCCC(=O)OCC)c1ccc(C)c(C)c1. The molecule has 0 aromatic heterocycles. The fraction of sp³-hybridized carbons (Fsp3) is 0.556. The Labute approximate surface area is 269 Å². The molecule has 0 aliphatic heterocycles. The number of esters is 1. The molecule has 248 valence electrons. The second-order valence-corrected chi connectivity index (χ2v) is 12.4. The van der Waals surface area contributed by atoms with Crippen molar-refractivity contribution in [2.45, 2.75) is 111 Å². The number of carbonyl (C=O) groups is 4. The van der Waals surface area contributed by atoms with Crippen molar-refractivity contribution in [2.75, 3.05) is 19.7 Å². The third-order valence-corrected chi connectivity index (χ3v) is 7.40. The maximum absolute atomic E-state index is 14.6. The molecule has 0 saturated heterocycles. The molecule has 0 heterocycles. The van der Waals surface area contributed by atoms with Gasteiger partial charge >= 0.3 is 12.1 Å². The Hall–Kier alpha value is -3.88. The molecule has 0 saturated carbocycles. The third-order valence-electron chi connectivity index (χ3n) is 7.40. The van der Waals surface area contributed by atoms with E-state index in [9.17, 15) is 19.2 Å². The molecular weight excluding hydrogens is 570 g/mol. The van der Waals surface area contributed by atoms with E-state index in [0.717, 1.165) is 42.4 Å². The minimum atomic E-state index is -0.987. The van der Waals surface area contributed by atoms with Crippen LogP contribution in [0.3, 0.4) is 0 Å². The molecule has 2 rings (SSSR count). The lowest BCUT2D eigenvalue weighted by atomic mass is 9.97. The number of aryl methyl sites for hydroxylation is 2. The summed E-state index contributed by atoms with van der Waals surface area (Å²) >= 11 is 0. The quantitative estimate of drug-likeness (QED) is 0.157. The predicted octanol–water partition coefficient (Wildman–Crippen LogP) is 6.35. The third kappa shape index (κ3) is 13.3. The number of alkyl carbamates (subject to hydrolysis) is 1. The van der Waals surface area contributed by atoms with Gasteiger partial charge in [0.15, 0.2) is 0 Å². The number of hydrogen-bond donors (Lipinski definition) is 2. The van der Waals surface area contributed by atoms with E-state index in [4.69, 9.17) is 9.47 Å². The summed E-state index contributed by atoms with van der Waals surface area (Å²) in [6, 6.07) is 13.2. The molecular formula is C36H53N3O6. The highest BCUT2D eigenvalue weighted by Crippen LogP contribution is 2.26. The van der Waals surface area contributed by atoms with Gasteiger partial charge in [0.05, 0.1) is 13.0 Å². The van der Waals surface area contributed by atoms with Crippen LogP contribution in [0.15, 0.2) is 48.5 Å². The highest BCUT2D eigenvalue weighted by Gasteiger charge is 2.36. The van der Waals surface area contributed by atoms with Gasteiger partial charge in [0, 0.05) is 19.5 Å². The number of ether oxygens (including phenoxy) is 2. The van der Waals surface area contributed by atoms with Crippen molar-refractivity contribution in [1.82, 2.24) is 15.5 Å². The topological polar surface area (TPSA) is 114 Å². The van der Waals surface area contributed by atoms with Gasteiger partial charge in [-0.3, -0.25) is 14.4 Å². The van der Waals surface area contributed by atoms with Gasteiger partial charge in [-0.05, 0) is 70.2 Å². The van der Waals surface area contributed by atoms with E-state index in [1.54, 1.807) is 32.6 Å². The van der Waals surface area contributed by atoms with E-state index in [1.165, 1.54) is 0 Å². The van der Waals surface area contributed by atoms with E-state index in [0.29, 0.717) is 18.5 Å². The smallest absolute Gasteiger partial charge is 0.408 e. The van der Waals surface area contributed by atoms with Crippen molar-refractivity contribution < 1.29 is 28.7 Å². The highest BCUT2D eigenvalue weighted by molar-refractivity contribution is 5.92. The molecule has 0 radical (unpaired) electrons. The second kappa shape index (κ2) is 18.8. The van der Waals surface area contributed by atoms with Crippen molar-refractivity contribution in [3.63, 3.8) is 0 Å². The fourth-order valence-electron chi connectivity index (χ4n) is 4.98. The maximum Gasteiger partial charge on any atom is 0.408 e. The summed E-state index contributed by atoms with van der Waals surface area (Å²) in [5.41, 5.74) is 2.80. The van der Waals surface area contributed by atoms with Crippen LogP contribution in [0.25, 0.3) is 0 Å². The molecule has 9 nitrogen and oxygen atoms in total. The summed E-state index contributed by atoms with van der Waals surface area (Å²) in [6.07, 6.45) is 4.29. The first kappa shape index (κ1) is 37.3. The lowest BCUT2D eigenvalue weighted by molar-refractivity contribution is -0.144. The number of nitrogens with one attached hydrogen (secondary N) is 2. The molecule has 3 amide bonds. The molecule has 2 atom stereocenters. The zero-order valence-electron chi connectivity index (χ0n) is 28.2. The molecule has 0 bridgehead atoms. The minimum absolute atomic E-state index is 0.0149. The summed E-state index contributed by atoms with van der Waals surface area (Å²) in [5, 5.41) is 5.67. The number of amides is 3. The molecule has 2 aromatic rings. The van der Waals surface area contributed by atoms with Crippen LogP contribution in [-0.4, -0.2) is 60.1 Å². The Kier molecular flexibility index (Phi) is 15.6. The van der Waals surface area contributed by atoms with Gasteiger partial charge in [0.1, 0.15) is 17.7 Å². The van der Waals surface area contributed by atoms with E-state index in [1.807, 2.05) is 62.4 Å². The lowest BCUT2D eigenvalue weighted by Gasteiger charge is -2.35. The van der Waals surface area contributed by atoms with Gasteiger partial charge < -0.3 is 25.0 Å². The Bertz CT molecular complexity index is 1240. The number of rotatable bonds is 17. The summed E-state index contributed by atoms with van der Waals surface area (Å²) in [4.78, 5) is 55.2. The van der Waals surface area contributed by atoms with Gasteiger partial charge in [0.25, 0.3) is 0 Å². The number of nitrogens with zero attached hydrogens (tertiary/aromatic N) is 1. The number of hydrogen-bond acceptors (Lipinski definition) is 6. The first-order valence-corrected chi connectivity index (χ1v) is 16.2. The average molecular weight is 624 g/mol. The van der Waals surface area contributed by atoms with Crippen LogP contribution in [0, 0.1) is 13.8 Å². The van der Waals surface area contributed by atoms with E-state index in [2.05, 4.69) is 17.6 Å². The summed E-state index contributed by atoms with van der Waals surface area (Å²) in [7, 11) is 0. The Balaban J connectivity index is 2.54. The monoisotopic (exact) mass is 623 g/mol. The van der Waals surface area contributed by atoms with Gasteiger partial charge in [-0.15, -0.1) is 0 Å². The van der Waals surface area contributed by atoms with Gasteiger partial charge in [-0.25, -0.2) is 4.79 Å². The average Bonchev–Trinajstić information content (AvgIpc) is 2.97. The van der Waals surface area contributed by atoms with Crippen LogP contribution in [0.2, 0.25) is 0 Å². The Morgan fingerprint density at radius 3 is 2.20 bits per heavy atom. The van der Waals surface area contributed by atoms with E-state index in [-0.39, 0.29) is 31.9 Å². The molecule has 2 aromatic carbocycles. The summed E-state index contributed by atoms with van der Waals surface area (Å²) < 4.78 is 10.6. The van der Waals surface area contributed by atoms with Crippen LogP contribution in [0.5, 0.6) is 0 Å². The fourth-order valence-corrected chi connectivity index (χ4v) is 4.98. The van der Waals surface area contributed by atoms with Crippen LogP contribution in [0.1, 0.15) is 101 Å². The molecule has 0 aliphatic carbocycles. The molecule has 45 heavy (non-hydrogen) atoms. The normalized spacial score (nSPS) is 12.5. The van der Waals surface area contributed by atoms with Gasteiger partial charge in [-0.2, -0.15) is 0 Å². The van der Waals surface area contributed by atoms with Crippen molar-refractivity contribution >= 4 is 23.9 Å². The summed E-state index contributed by atoms with van der Waals surface area (Å²) in [6.45, 7) is 13.8. The van der Waals surface area contributed by atoms with E-state index >= 15 is 0 Å². The van der Waals surface area contributed by atoms with E-state index < -0.39 is 35.7 Å². The van der Waals surface area contributed by atoms with Crippen molar-refractivity contribution in [3.8, 4) is 0 Å². The maximum atomic E-state index is 14.6. The Morgan fingerprint density at radius 1 is 0.889 bits per heavy atom. The van der Waals surface area contributed by atoms with Crippen LogP contribution < -0.4 is 10.6 Å². The molecule has 2 unspecified atom stereocenters. The second-order valence-electron chi connectivity index (χ2n) is 12.4. The highest BCUT2D eigenvalue weighted by atomic mass is 16.6. The molecule has 0 spiro atoms. The van der Waals surface area contributed by atoms with Crippen LogP contribution in [-0.2, 0) is 30.3 Å². The predicted molar refractivity (Wildman–Crippen MR) is 177 cm³/mol. The largest absolute Gasteiger partial charge is 0.466 e. The standard InChI is InChI=1S/C36H53N3O6/c1-8-10-11-12-16-23-39(34(42)30(25-28-17-14-13-15-18-28)38-35(43)45-36(5,6)7)32(29-20-19-26(3)27(4)24-29)33(41)37-22-21-31(40)44-9-2/h13-15,17-20,24,30,32H,8-12,16,21-23,25H2,1-7H3,(H,37,41)(H,38,43). The van der Waals surface area contributed by atoms with Crippen molar-refractivity contribution in [2.24, 2.45) is 0 Å². The van der Waals surface area contributed by atoms with Crippen molar-refractivity contribution in [1.29, 1.82) is 0 Å².